The van der Waals surface area contributed by atoms with Crippen LogP contribution in [0.4, 0.5) is 0 Å². The Bertz CT molecular complexity index is 315. The third-order valence-corrected chi connectivity index (χ3v) is 3.39. The molecule has 2 heteroatoms. The van der Waals surface area contributed by atoms with E-state index in [1.807, 2.05) is 6.08 Å². The quantitative estimate of drug-likeness (QED) is 0.752. The molecule has 0 amide bonds. The molecule has 1 heterocycles. The first-order chi connectivity index (χ1) is 8.04. The maximum absolute atomic E-state index is 3.76. The highest BCUT2D eigenvalue weighted by molar-refractivity contribution is 5.15. The van der Waals surface area contributed by atoms with E-state index in [2.05, 4.69) is 56.6 Å². The largest absolute Gasteiger partial charge is 0.370 e. The zero-order valence-electron chi connectivity index (χ0n) is 11.7. The second-order valence-corrected chi connectivity index (χ2v) is 5.04. The second-order valence-electron chi connectivity index (χ2n) is 5.04. The second kappa shape index (κ2) is 6.65. The average molecular weight is 234 g/mol. The number of hydrogen-bond donors (Lipinski definition) is 1. The van der Waals surface area contributed by atoms with Crippen molar-refractivity contribution >= 4 is 0 Å². The van der Waals surface area contributed by atoms with Gasteiger partial charge in [0.1, 0.15) is 0 Å². The van der Waals surface area contributed by atoms with Crippen LogP contribution >= 0.6 is 0 Å². The number of piperazine rings is 1. The Morgan fingerprint density at radius 2 is 2.06 bits per heavy atom. The molecule has 0 bridgehead atoms. The lowest BCUT2D eigenvalue weighted by Crippen LogP contribution is -2.53. The standard InChI is InChI=1S/C15H26N2/c1-6-12(2)8-7-9-14(4)17-11-13(3)16-10-15(17)5/h6,8-9,13,15-16H,1,7,10-11H2,2-5H3/b12-8-,14-9?. The topological polar surface area (TPSA) is 15.3 Å². The molecule has 1 aliphatic heterocycles. The number of nitrogens with zero attached hydrogens (tertiary/aromatic N) is 1. The molecular weight excluding hydrogens is 208 g/mol. The highest BCUT2D eigenvalue weighted by Crippen LogP contribution is 2.14. The van der Waals surface area contributed by atoms with E-state index in [0.717, 1.165) is 19.5 Å². The van der Waals surface area contributed by atoms with Gasteiger partial charge in [0.05, 0.1) is 0 Å². The molecule has 1 fully saturated rings. The summed E-state index contributed by atoms with van der Waals surface area (Å²) in [6.45, 7) is 14.8. The van der Waals surface area contributed by atoms with Crippen LogP contribution in [0.15, 0.2) is 36.1 Å². The smallest absolute Gasteiger partial charge is 0.0383 e. The number of rotatable bonds is 4. The van der Waals surface area contributed by atoms with Gasteiger partial charge in [-0.05, 0) is 34.1 Å². The van der Waals surface area contributed by atoms with Gasteiger partial charge in [-0.15, -0.1) is 0 Å². The summed E-state index contributed by atoms with van der Waals surface area (Å²) in [4.78, 5) is 2.50. The lowest BCUT2D eigenvalue weighted by molar-refractivity contribution is 0.190. The highest BCUT2D eigenvalue weighted by atomic mass is 15.2. The highest BCUT2D eigenvalue weighted by Gasteiger charge is 2.21. The van der Waals surface area contributed by atoms with Crippen molar-refractivity contribution in [3.8, 4) is 0 Å². The maximum atomic E-state index is 3.76. The van der Waals surface area contributed by atoms with Crippen LogP contribution in [0.1, 0.15) is 34.1 Å². The molecule has 0 aromatic heterocycles. The zero-order chi connectivity index (χ0) is 12.8. The Hall–Kier alpha value is -1.02. The molecule has 96 valence electrons. The van der Waals surface area contributed by atoms with Gasteiger partial charge in [-0.2, -0.15) is 0 Å². The molecule has 0 aromatic rings. The molecule has 0 aromatic carbocycles. The first kappa shape index (κ1) is 14.0. The Morgan fingerprint density at radius 1 is 1.35 bits per heavy atom. The van der Waals surface area contributed by atoms with Gasteiger partial charge in [0, 0.05) is 30.9 Å². The van der Waals surface area contributed by atoms with Crippen LogP contribution in [-0.2, 0) is 0 Å². The fourth-order valence-electron chi connectivity index (χ4n) is 2.13. The molecular formula is C15H26N2. The van der Waals surface area contributed by atoms with Gasteiger partial charge in [0.2, 0.25) is 0 Å². The minimum absolute atomic E-state index is 0.583. The van der Waals surface area contributed by atoms with Crippen molar-refractivity contribution < 1.29 is 0 Å². The Morgan fingerprint density at radius 3 is 2.71 bits per heavy atom. The van der Waals surface area contributed by atoms with Crippen LogP contribution in [0.25, 0.3) is 0 Å². The number of allylic oxidation sites excluding steroid dienone is 5. The number of nitrogens with one attached hydrogen (secondary N) is 1. The van der Waals surface area contributed by atoms with Gasteiger partial charge in [-0.3, -0.25) is 0 Å². The first-order valence-electron chi connectivity index (χ1n) is 6.50. The van der Waals surface area contributed by atoms with Gasteiger partial charge in [0.15, 0.2) is 0 Å². The fourth-order valence-corrected chi connectivity index (χ4v) is 2.13. The van der Waals surface area contributed by atoms with E-state index in [0.29, 0.717) is 12.1 Å². The lowest BCUT2D eigenvalue weighted by Gasteiger charge is -2.39. The van der Waals surface area contributed by atoms with Crippen LogP contribution < -0.4 is 5.32 Å². The third kappa shape index (κ3) is 4.39. The van der Waals surface area contributed by atoms with E-state index >= 15 is 0 Å². The van der Waals surface area contributed by atoms with Crippen LogP contribution in [0, 0.1) is 0 Å². The van der Waals surface area contributed by atoms with Crippen molar-refractivity contribution in [3.63, 3.8) is 0 Å². The first-order valence-corrected chi connectivity index (χ1v) is 6.50. The molecule has 0 aliphatic carbocycles. The van der Waals surface area contributed by atoms with Gasteiger partial charge >= 0.3 is 0 Å². The van der Waals surface area contributed by atoms with E-state index < -0.39 is 0 Å². The molecule has 1 aliphatic rings. The van der Waals surface area contributed by atoms with Crippen LogP contribution in [-0.4, -0.2) is 30.1 Å². The van der Waals surface area contributed by atoms with Gasteiger partial charge in [0.25, 0.3) is 0 Å². The average Bonchev–Trinajstić information content (AvgIpc) is 2.31. The Labute approximate surface area is 106 Å². The minimum Gasteiger partial charge on any atom is -0.370 e. The summed E-state index contributed by atoms with van der Waals surface area (Å²) in [5, 5.41) is 3.51. The minimum atomic E-state index is 0.583. The predicted molar refractivity (Wildman–Crippen MR) is 76.0 cm³/mol. The summed E-state index contributed by atoms with van der Waals surface area (Å²) < 4.78 is 0. The van der Waals surface area contributed by atoms with Gasteiger partial charge in [-0.1, -0.05) is 30.4 Å². The van der Waals surface area contributed by atoms with Crippen molar-refractivity contribution in [3.05, 3.63) is 36.1 Å². The monoisotopic (exact) mass is 234 g/mol. The van der Waals surface area contributed by atoms with Crippen molar-refractivity contribution in [2.24, 2.45) is 0 Å². The molecule has 0 saturated carbocycles. The summed E-state index contributed by atoms with van der Waals surface area (Å²) in [6.07, 6.45) is 7.42. The molecule has 2 nitrogen and oxygen atoms in total. The molecule has 1 N–H and O–H groups in total. The SMILES string of the molecule is C=C/C(C)=C\CC=C(C)N1CC(C)NCC1C. The normalized spacial score (nSPS) is 27.2. The van der Waals surface area contributed by atoms with Gasteiger partial charge in [-0.25, -0.2) is 0 Å². The lowest BCUT2D eigenvalue weighted by atomic mass is 10.1. The molecule has 0 spiro atoms. The molecule has 17 heavy (non-hydrogen) atoms. The van der Waals surface area contributed by atoms with Crippen molar-refractivity contribution in [1.82, 2.24) is 10.2 Å². The van der Waals surface area contributed by atoms with E-state index in [-0.39, 0.29) is 0 Å². The van der Waals surface area contributed by atoms with Crippen LogP contribution in [0.2, 0.25) is 0 Å². The van der Waals surface area contributed by atoms with E-state index in [1.54, 1.807) is 0 Å². The van der Waals surface area contributed by atoms with Crippen LogP contribution in [0.3, 0.4) is 0 Å². The molecule has 0 radical (unpaired) electrons. The summed E-state index contributed by atoms with van der Waals surface area (Å²) >= 11 is 0. The van der Waals surface area contributed by atoms with Crippen molar-refractivity contribution in [2.45, 2.75) is 46.2 Å². The summed E-state index contributed by atoms with van der Waals surface area (Å²) in [5.74, 6) is 0. The van der Waals surface area contributed by atoms with E-state index in [1.165, 1.54) is 11.3 Å². The predicted octanol–water partition coefficient (Wildman–Crippen LogP) is 3.09. The van der Waals surface area contributed by atoms with E-state index in [9.17, 15) is 0 Å². The molecule has 2 unspecified atom stereocenters. The third-order valence-electron chi connectivity index (χ3n) is 3.39. The summed E-state index contributed by atoms with van der Waals surface area (Å²) in [5.41, 5.74) is 2.63. The fraction of sp³-hybridized carbons (Fsp3) is 0.600. The maximum Gasteiger partial charge on any atom is 0.0383 e. The van der Waals surface area contributed by atoms with Crippen molar-refractivity contribution in [1.29, 1.82) is 0 Å². The summed E-state index contributed by atoms with van der Waals surface area (Å²) in [6, 6.07) is 1.17. The number of hydrogen-bond acceptors (Lipinski definition) is 2. The Kier molecular flexibility index (Phi) is 5.49. The summed E-state index contributed by atoms with van der Waals surface area (Å²) in [7, 11) is 0. The van der Waals surface area contributed by atoms with Crippen LogP contribution in [0.5, 0.6) is 0 Å². The zero-order valence-corrected chi connectivity index (χ0v) is 11.7. The molecule has 1 saturated heterocycles. The van der Waals surface area contributed by atoms with E-state index in [4.69, 9.17) is 0 Å². The molecule has 2 atom stereocenters. The van der Waals surface area contributed by atoms with Gasteiger partial charge < -0.3 is 10.2 Å². The van der Waals surface area contributed by atoms with Crippen molar-refractivity contribution in [2.75, 3.05) is 13.1 Å². The Balaban J connectivity index is 2.58. The molecule has 1 rings (SSSR count).